The maximum absolute atomic E-state index is 5.96. The topological polar surface area (TPSA) is 108 Å². The fourth-order valence-electron chi connectivity index (χ4n) is 3.25. The van der Waals surface area contributed by atoms with Crippen molar-refractivity contribution in [3.05, 3.63) is 66.2 Å². The third-order valence-electron chi connectivity index (χ3n) is 5.00. The molecule has 0 saturated heterocycles. The highest BCUT2D eigenvalue weighted by Crippen LogP contribution is 2.22. The summed E-state index contributed by atoms with van der Waals surface area (Å²) in [6.45, 7) is 6.80. The second kappa shape index (κ2) is 15.6. The number of benzene rings is 2. The van der Waals surface area contributed by atoms with Crippen molar-refractivity contribution in [1.82, 2.24) is 15.0 Å². The number of hydrogen-bond acceptors (Lipinski definition) is 9. The van der Waals surface area contributed by atoms with Crippen LogP contribution < -0.4 is 20.7 Å². The second-order valence-corrected chi connectivity index (χ2v) is 7.86. The van der Waals surface area contributed by atoms with Crippen LogP contribution in [0.15, 0.2) is 60.7 Å². The number of nitrogens with two attached hydrogens (primary N) is 1. The van der Waals surface area contributed by atoms with E-state index in [0.29, 0.717) is 63.7 Å². The highest BCUT2D eigenvalue weighted by molar-refractivity contribution is 5.40. The van der Waals surface area contributed by atoms with Gasteiger partial charge in [0.25, 0.3) is 0 Å². The van der Waals surface area contributed by atoms with Gasteiger partial charge in [0, 0.05) is 26.2 Å². The van der Waals surface area contributed by atoms with Gasteiger partial charge < -0.3 is 30.2 Å². The minimum absolute atomic E-state index is 0.245. The summed E-state index contributed by atoms with van der Waals surface area (Å²) < 4.78 is 16.9. The maximum Gasteiger partial charge on any atom is 0.328 e. The van der Waals surface area contributed by atoms with Gasteiger partial charge in [0.2, 0.25) is 11.9 Å². The van der Waals surface area contributed by atoms with Gasteiger partial charge in [0.05, 0.1) is 26.4 Å². The molecule has 0 aliphatic rings. The molecular formula is C26H36N6O3. The largest absolute Gasteiger partial charge is 0.424 e. The fourth-order valence-corrected chi connectivity index (χ4v) is 3.25. The van der Waals surface area contributed by atoms with E-state index in [1.807, 2.05) is 48.5 Å². The number of rotatable bonds is 17. The molecule has 35 heavy (non-hydrogen) atoms. The lowest BCUT2D eigenvalue weighted by Gasteiger charge is -2.23. The average Bonchev–Trinajstić information content (AvgIpc) is 2.89. The van der Waals surface area contributed by atoms with Crippen molar-refractivity contribution >= 4 is 11.9 Å². The van der Waals surface area contributed by atoms with E-state index in [0.717, 1.165) is 19.4 Å². The highest BCUT2D eigenvalue weighted by atomic mass is 16.5. The molecule has 0 fully saturated rings. The smallest absolute Gasteiger partial charge is 0.328 e. The monoisotopic (exact) mass is 480 g/mol. The predicted octanol–water partition coefficient (Wildman–Crippen LogP) is 3.87. The fraction of sp³-hybridized carbons (Fsp3) is 0.423. The van der Waals surface area contributed by atoms with Crippen molar-refractivity contribution in [2.45, 2.75) is 26.3 Å². The van der Waals surface area contributed by atoms with Crippen molar-refractivity contribution in [2.75, 3.05) is 56.3 Å². The minimum atomic E-state index is 0.245. The Labute approximate surface area is 207 Å². The van der Waals surface area contributed by atoms with Crippen LogP contribution in [0.4, 0.5) is 11.9 Å². The number of hydrogen-bond donors (Lipinski definition) is 2. The van der Waals surface area contributed by atoms with Gasteiger partial charge in [-0.05, 0) is 24.1 Å². The molecule has 0 aliphatic carbocycles. The Bertz CT molecular complexity index is 962. The number of nitrogens with zero attached hydrogens (tertiary/aromatic N) is 4. The summed E-state index contributed by atoms with van der Waals surface area (Å²) in [5.74, 6) is 1.68. The number of ether oxygens (including phenoxy) is 3. The lowest BCUT2D eigenvalue weighted by atomic mass is 10.2. The third kappa shape index (κ3) is 9.86. The van der Waals surface area contributed by atoms with E-state index in [1.54, 1.807) is 0 Å². The molecule has 0 saturated carbocycles. The van der Waals surface area contributed by atoms with E-state index in [9.17, 15) is 0 Å². The predicted molar refractivity (Wildman–Crippen MR) is 138 cm³/mol. The van der Waals surface area contributed by atoms with E-state index in [2.05, 4.69) is 39.2 Å². The molecule has 0 amide bonds. The van der Waals surface area contributed by atoms with E-state index < -0.39 is 0 Å². The summed E-state index contributed by atoms with van der Waals surface area (Å²) in [6, 6.07) is 20.1. The van der Waals surface area contributed by atoms with Gasteiger partial charge in [0.15, 0.2) is 0 Å². The van der Waals surface area contributed by atoms with Gasteiger partial charge in [-0.1, -0.05) is 61.9 Å². The van der Waals surface area contributed by atoms with E-state index >= 15 is 0 Å². The molecule has 0 bridgehead atoms. The van der Waals surface area contributed by atoms with Crippen LogP contribution in [0.5, 0.6) is 11.8 Å². The summed E-state index contributed by atoms with van der Waals surface area (Å²) in [6.07, 6.45) is 2.09. The molecule has 9 heteroatoms. The Hall–Kier alpha value is -3.27. The molecule has 0 radical (unpaired) electrons. The van der Waals surface area contributed by atoms with Crippen LogP contribution in [0.2, 0.25) is 0 Å². The van der Waals surface area contributed by atoms with Crippen molar-refractivity contribution in [3.8, 4) is 11.8 Å². The number of para-hydroxylation sites is 1. The second-order valence-electron chi connectivity index (χ2n) is 7.86. The van der Waals surface area contributed by atoms with Crippen LogP contribution in [0.3, 0.4) is 0 Å². The molecule has 0 spiro atoms. The quantitative estimate of drug-likeness (QED) is 0.278. The van der Waals surface area contributed by atoms with E-state index in [-0.39, 0.29) is 6.01 Å². The molecule has 188 valence electrons. The molecule has 3 rings (SSSR count). The Morgan fingerprint density at radius 2 is 1.57 bits per heavy atom. The highest BCUT2D eigenvalue weighted by Gasteiger charge is 2.15. The van der Waals surface area contributed by atoms with Crippen molar-refractivity contribution < 1.29 is 14.2 Å². The zero-order valence-corrected chi connectivity index (χ0v) is 20.4. The summed E-state index contributed by atoms with van der Waals surface area (Å²) in [5.41, 5.74) is 6.60. The first-order chi connectivity index (χ1) is 17.3. The normalized spacial score (nSPS) is 10.8. The van der Waals surface area contributed by atoms with E-state index in [1.165, 1.54) is 5.56 Å². The first kappa shape index (κ1) is 26.3. The zero-order chi connectivity index (χ0) is 24.6. The zero-order valence-electron chi connectivity index (χ0n) is 20.4. The molecule has 0 atom stereocenters. The van der Waals surface area contributed by atoms with Crippen LogP contribution >= 0.6 is 0 Å². The Kier molecular flexibility index (Phi) is 11.7. The number of anilines is 2. The molecule has 2 aromatic carbocycles. The summed E-state index contributed by atoms with van der Waals surface area (Å²) in [7, 11) is 0. The third-order valence-corrected chi connectivity index (χ3v) is 5.00. The van der Waals surface area contributed by atoms with Crippen molar-refractivity contribution in [2.24, 2.45) is 5.73 Å². The Balaban J connectivity index is 1.72. The first-order valence-electron chi connectivity index (χ1n) is 12.2. The molecule has 1 heterocycles. The SMILES string of the molecule is CCCCN(Cc1ccccc1)c1nc(NCCOCCOCCN)nc(Oc2ccccc2)n1. The molecule has 9 nitrogen and oxygen atoms in total. The lowest BCUT2D eigenvalue weighted by molar-refractivity contribution is 0.0547. The Morgan fingerprint density at radius 3 is 2.29 bits per heavy atom. The standard InChI is InChI=1S/C26H36N6O3/c1-2-3-16-32(21-22-10-6-4-7-11-22)25-29-24(28-15-18-34-20-19-33-17-14-27)30-26(31-25)35-23-12-8-5-9-13-23/h4-13H,2-3,14-21,27H2,1H3,(H,28,29,30,31). The van der Waals surface area contributed by atoms with Crippen molar-refractivity contribution in [1.29, 1.82) is 0 Å². The number of nitrogens with one attached hydrogen (secondary N) is 1. The summed E-state index contributed by atoms with van der Waals surface area (Å²) in [5, 5.41) is 3.23. The van der Waals surface area contributed by atoms with Gasteiger partial charge in [-0.3, -0.25) is 0 Å². The van der Waals surface area contributed by atoms with Crippen LogP contribution in [0, 0.1) is 0 Å². The van der Waals surface area contributed by atoms with Crippen LogP contribution in [0.25, 0.3) is 0 Å². The number of unbranched alkanes of at least 4 members (excludes halogenated alkanes) is 1. The van der Waals surface area contributed by atoms with Gasteiger partial charge in [-0.2, -0.15) is 15.0 Å². The maximum atomic E-state index is 5.96. The van der Waals surface area contributed by atoms with Gasteiger partial charge >= 0.3 is 6.01 Å². The van der Waals surface area contributed by atoms with Crippen LogP contribution in [-0.4, -0.2) is 61.0 Å². The summed E-state index contributed by atoms with van der Waals surface area (Å²) in [4.78, 5) is 16.0. The number of aromatic nitrogens is 3. The van der Waals surface area contributed by atoms with Gasteiger partial charge in [-0.25, -0.2) is 0 Å². The Morgan fingerprint density at radius 1 is 0.857 bits per heavy atom. The molecular weight excluding hydrogens is 444 g/mol. The average molecular weight is 481 g/mol. The van der Waals surface area contributed by atoms with Crippen LogP contribution in [0.1, 0.15) is 25.3 Å². The molecule has 3 aromatic rings. The molecule has 0 unspecified atom stereocenters. The minimum Gasteiger partial charge on any atom is -0.424 e. The van der Waals surface area contributed by atoms with Gasteiger partial charge in [0.1, 0.15) is 5.75 Å². The first-order valence-corrected chi connectivity index (χ1v) is 12.2. The van der Waals surface area contributed by atoms with E-state index in [4.69, 9.17) is 24.9 Å². The summed E-state index contributed by atoms with van der Waals surface area (Å²) >= 11 is 0. The molecule has 3 N–H and O–H groups in total. The van der Waals surface area contributed by atoms with Crippen molar-refractivity contribution in [3.63, 3.8) is 0 Å². The van der Waals surface area contributed by atoms with Crippen LogP contribution in [-0.2, 0) is 16.0 Å². The lowest BCUT2D eigenvalue weighted by Crippen LogP contribution is -2.27. The molecule has 1 aromatic heterocycles. The molecule has 0 aliphatic heterocycles. The van der Waals surface area contributed by atoms with Gasteiger partial charge in [-0.15, -0.1) is 0 Å².